The fourth-order valence-electron chi connectivity index (χ4n) is 2.87. The number of carbonyl (C=O) groups is 2. The van der Waals surface area contributed by atoms with Crippen molar-refractivity contribution in [2.24, 2.45) is 0 Å². The highest BCUT2D eigenvalue weighted by atomic mass is 35.5. The third-order valence-electron chi connectivity index (χ3n) is 4.17. The molecule has 0 fully saturated rings. The molecule has 6 heteroatoms. The number of carbonyl (C=O) groups excluding carboxylic acids is 2. The van der Waals surface area contributed by atoms with Gasteiger partial charge in [-0.15, -0.1) is 0 Å². The van der Waals surface area contributed by atoms with Crippen LogP contribution in [0.15, 0.2) is 60.7 Å². The van der Waals surface area contributed by atoms with Crippen LogP contribution in [-0.4, -0.2) is 27.8 Å². The van der Waals surface area contributed by atoms with Crippen LogP contribution in [0.2, 0.25) is 5.02 Å². The Labute approximate surface area is 162 Å². The second-order valence-electron chi connectivity index (χ2n) is 6.07. The number of fused-ring (bicyclic) bond motifs is 1. The molecular formula is C21H20ClN3O2. The Hall–Kier alpha value is -2.92. The van der Waals surface area contributed by atoms with Crippen molar-refractivity contribution in [2.45, 2.75) is 19.9 Å². The van der Waals surface area contributed by atoms with Crippen LogP contribution in [0.1, 0.15) is 23.1 Å². The van der Waals surface area contributed by atoms with Gasteiger partial charge in [-0.1, -0.05) is 29.8 Å². The van der Waals surface area contributed by atoms with Gasteiger partial charge in [0.1, 0.15) is 5.82 Å². The van der Waals surface area contributed by atoms with Crippen LogP contribution >= 0.6 is 11.6 Å². The second kappa shape index (κ2) is 8.64. The first-order valence-electron chi connectivity index (χ1n) is 8.72. The molecule has 0 atom stereocenters. The number of hydrogen-bond acceptors (Lipinski definition) is 3. The molecule has 5 nitrogen and oxygen atoms in total. The lowest BCUT2D eigenvalue weighted by atomic mass is 10.1. The molecule has 0 unspecified atom stereocenters. The Morgan fingerprint density at radius 2 is 1.89 bits per heavy atom. The Bertz CT molecular complexity index is 990. The largest absolute Gasteiger partial charge is 0.352 e. The van der Waals surface area contributed by atoms with Crippen LogP contribution in [0.5, 0.6) is 0 Å². The number of amides is 1. The van der Waals surface area contributed by atoms with Gasteiger partial charge in [0.15, 0.2) is 5.78 Å². The fourth-order valence-corrected chi connectivity index (χ4v) is 3.00. The Morgan fingerprint density at radius 3 is 2.63 bits per heavy atom. The lowest BCUT2D eigenvalue weighted by Gasteiger charge is -2.09. The normalized spacial score (nSPS) is 11.2. The summed E-state index contributed by atoms with van der Waals surface area (Å²) < 4.78 is 1.91. The number of imidazole rings is 1. The number of allylic oxidation sites excluding steroid dienone is 1. The first-order chi connectivity index (χ1) is 13.1. The van der Waals surface area contributed by atoms with Gasteiger partial charge in [0, 0.05) is 23.6 Å². The van der Waals surface area contributed by atoms with Gasteiger partial charge in [-0.05, 0) is 49.4 Å². The number of halogens is 1. The van der Waals surface area contributed by atoms with E-state index in [4.69, 9.17) is 11.6 Å². The Morgan fingerprint density at radius 1 is 1.15 bits per heavy atom. The molecule has 3 aromatic rings. The third kappa shape index (κ3) is 4.63. The minimum atomic E-state index is -0.141. The highest BCUT2D eigenvalue weighted by Crippen LogP contribution is 2.18. The van der Waals surface area contributed by atoms with E-state index in [0.717, 1.165) is 16.9 Å². The summed E-state index contributed by atoms with van der Waals surface area (Å²) in [5.41, 5.74) is 2.33. The van der Waals surface area contributed by atoms with Gasteiger partial charge in [-0.25, -0.2) is 4.98 Å². The molecule has 1 amide bonds. The Balaban J connectivity index is 1.82. The van der Waals surface area contributed by atoms with Crippen LogP contribution in [-0.2, 0) is 17.8 Å². The van der Waals surface area contributed by atoms with E-state index in [1.54, 1.807) is 37.3 Å². The van der Waals surface area contributed by atoms with Gasteiger partial charge in [-0.2, -0.15) is 0 Å². The van der Waals surface area contributed by atoms with Gasteiger partial charge in [0.25, 0.3) is 0 Å². The minimum absolute atomic E-state index is 0.0194. The number of para-hydroxylation sites is 2. The van der Waals surface area contributed by atoms with E-state index in [-0.39, 0.29) is 18.2 Å². The summed E-state index contributed by atoms with van der Waals surface area (Å²) in [5, 5.41) is 3.41. The van der Waals surface area contributed by atoms with Crippen molar-refractivity contribution in [1.82, 2.24) is 14.9 Å². The quantitative estimate of drug-likeness (QED) is 0.500. The monoisotopic (exact) mass is 381 g/mol. The topological polar surface area (TPSA) is 64.0 Å². The molecule has 2 aromatic carbocycles. The molecule has 0 aliphatic rings. The molecule has 3 rings (SSSR count). The van der Waals surface area contributed by atoms with E-state index in [1.807, 2.05) is 28.8 Å². The van der Waals surface area contributed by atoms with Crippen LogP contribution in [0.4, 0.5) is 0 Å². The molecule has 1 aromatic heterocycles. The number of Topliss-reactive ketones (excluding diaryl/α,β-unsaturated/α-hetero) is 1. The molecule has 27 heavy (non-hydrogen) atoms. The van der Waals surface area contributed by atoms with Gasteiger partial charge < -0.3 is 9.88 Å². The van der Waals surface area contributed by atoms with Crippen molar-refractivity contribution in [3.63, 3.8) is 0 Å². The first kappa shape index (κ1) is 18.9. The number of nitrogens with one attached hydrogen (secondary N) is 1. The average molecular weight is 382 g/mol. The molecule has 0 saturated heterocycles. The lowest BCUT2D eigenvalue weighted by Crippen LogP contribution is -2.25. The highest BCUT2D eigenvalue weighted by molar-refractivity contribution is 6.30. The summed E-state index contributed by atoms with van der Waals surface area (Å²) in [7, 11) is 0. The molecule has 1 heterocycles. The minimum Gasteiger partial charge on any atom is -0.352 e. The van der Waals surface area contributed by atoms with Crippen LogP contribution < -0.4 is 5.32 Å². The maximum atomic E-state index is 12.7. The predicted octanol–water partition coefficient (Wildman–Crippen LogP) is 3.81. The molecule has 138 valence electrons. The maximum Gasteiger partial charge on any atom is 0.243 e. The van der Waals surface area contributed by atoms with Crippen molar-refractivity contribution in [1.29, 1.82) is 0 Å². The molecule has 0 bridgehead atoms. The van der Waals surface area contributed by atoms with Crippen LogP contribution in [0.25, 0.3) is 11.0 Å². The summed E-state index contributed by atoms with van der Waals surface area (Å²) in [4.78, 5) is 28.9. The van der Waals surface area contributed by atoms with Gasteiger partial charge in [0.2, 0.25) is 5.91 Å². The van der Waals surface area contributed by atoms with E-state index in [2.05, 4.69) is 10.3 Å². The van der Waals surface area contributed by atoms with Crippen molar-refractivity contribution >= 4 is 34.3 Å². The lowest BCUT2D eigenvalue weighted by molar-refractivity contribution is -0.116. The average Bonchev–Trinajstić information content (AvgIpc) is 3.00. The first-order valence-corrected chi connectivity index (χ1v) is 9.09. The molecule has 1 N–H and O–H groups in total. The summed E-state index contributed by atoms with van der Waals surface area (Å²) in [6, 6.07) is 14.6. The second-order valence-corrected chi connectivity index (χ2v) is 6.51. The van der Waals surface area contributed by atoms with E-state index in [1.165, 1.54) is 6.08 Å². The molecule has 0 aliphatic carbocycles. The highest BCUT2D eigenvalue weighted by Gasteiger charge is 2.15. The van der Waals surface area contributed by atoms with E-state index in [9.17, 15) is 9.59 Å². The van der Waals surface area contributed by atoms with E-state index in [0.29, 0.717) is 23.6 Å². The van der Waals surface area contributed by atoms with Gasteiger partial charge in [0.05, 0.1) is 17.6 Å². The van der Waals surface area contributed by atoms with Crippen LogP contribution in [0, 0.1) is 0 Å². The van der Waals surface area contributed by atoms with Gasteiger partial charge in [-0.3, -0.25) is 9.59 Å². The zero-order valence-electron chi connectivity index (χ0n) is 15.0. The summed E-state index contributed by atoms with van der Waals surface area (Å²) in [6.07, 6.45) is 3.70. The molecule has 0 saturated carbocycles. The van der Waals surface area contributed by atoms with E-state index < -0.39 is 0 Å². The maximum absolute atomic E-state index is 12.7. The zero-order valence-corrected chi connectivity index (χ0v) is 15.7. The fraction of sp³-hybridized carbons (Fsp3) is 0.190. The number of aromatic nitrogens is 2. The molecule has 0 radical (unpaired) electrons. The van der Waals surface area contributed by atoms with Crippen molar-refractivity contribution in [2.75, 3.05) is 6.54 Å². The number of hydrogen-bond donors (Lipinski definition) is 1. The SMILES string of the molecule is C/C=C/C(=O)NCCc1nc2ccccc2n1CC(=O)c1ccc(Cl)cc1. The molecular weight excluding hydrogens is 362 g/mol. The molecule has 0 aliphatic heterocycles. The standard InChI is InChI=1S/C21H20ClN3O2/c1-2-5-21(27)23-13-12-20-24-17-6-3-4-7-18(17)25(20)14-19(26)15-8-10-16(22)11-9-15/h2-11H,12-14H2,1H3,(H,23,27)/b5-2+. The third-order valence-corrected chi connectivity index (χ3v) is 4.42. The Kier molecular flexibility index (Phi) is 6.04. The van der Waals surface area contributed by atoms with Crippen molar-refractivity contribution in [3.05, 3.63) is 77.1 Å². The number of ketones is 1. The predicted molar refractivity (Wildman–Crippen MR) is 107 cm³/mol. The number of rotatable bonds is 7. The number of nitrogens with zero attached hydrogens (tertiary/aromatic N) is 2. The van der Waals surface area contributed by atoms with E-state index >= 15 is 0 Å². The molecule has 0 spiro atoms. The summed E-state index contributed by atoms with van der Waals surface area (Å²) >= 11 is 5.90. The van der Waals surface area contributed by atoms with Crippen molar-refractivity contribution < 1.29 is 9.59 Å². The summed E-state index contributed by atoms with van der Waals surface area (Å²) in [5.74, 6) is 0.603. The number of benzene rings is 2. The van der Waals surface area contributed by atoms with Crippen molar-refractivity contribution in [3.8, 4) is 0 Å². The van der Waals surface area contributed by atoms with Gasteiger partial charge >= 0.3 is 0 Å². The summed E-state index contributed by atoms with van der Waals surface area (Å²) in [6.45, 7) is 2.42. The smallest absolute Gasteiger partial charge is 0.243 e. The zero-order chi connectivity index (χ0) is 19.2. The van der Waals surface area contributed by atoms with Crippen LogP contribution in [0.3, 0.4) is 0 Å².